The Kier molecular flexibility index (Phi) is 5.95. The molecule has 2 aromatic heterocycles. The van der Waals surface area contributed by atoms with Crippen molar-refractivity contribution in [3.8, 4) is 0 Å². The Labute approximate surface area is 156 Å². The molecule has 0 bridgehead atoms. The predicted octanol–water partition coefficient (Wildman–Crippen LogP) is 2.48. The van der Waals surface area contributed by atoms with Gasteiger partial charge in [0.25, 0.3) is 5.91 Å². The standard InChI is InChI=1S/C18H22N4O3S/c1-12-5-6-15(19-8-12)21-17(23)13-4-3-7-22(9-13)18(24)14-11-26-16(20-14)10-25-2/h5-6,8,11,13H,3-4,7,9-10H2,1-2H3,(H,19,21,23). The number of pyridine rings is 1. The van der Waals surface area contributed by atoms with Gasteiger partial charge in [-0.2, -0.15) is 0 Å². The minimum absolute atomic E-state index is 0.0998. The highest BCUT2D eigenvalue weighted by Crippen LogP contribution is 2.21. The van der Waals surface area contributed by atoms with Crippen molar-refractivity contribution in [1.82, 2.24) is 14.9 Å². The lowest BCUT2D eigenvalue weighted by Crippen LogP contribution is -2.44. The number of piperidine rings is 1. The maximum Gasteiger partial charge on any atom is 0.273 e. The summed E-state index contributed by atoms with van der Waals surface area (Å²) in [5, 5.41) is 5.36. The van der Waals surface area contributed by atoms with Crippen LogP contribution in [0.5, 0.6) is 0 Å². The van der Waals surface area contributed by atoms with Crippen LogP contribution in [0.3, 0.4) is 0 Å². The van der Waals surface area contributed by atoms with Crippen LogP contribution in [0.4, 0.5) is 5.82 Å². The number of likely N-dealkylation sites (tertiary alicyclic amines) is 1. The largest absolute Gasteiger partial charge is 0.378 e. The van der Waals surface area contributed by atoms with E-state index in [1.165, 1.54) is 11.3 Å². The highest BCUT2D eigenvalue weighted by atomic mass is 32.1. The van der Waals surface area contributed by atoms with Gasteiger partial charge in [0, 0.05) is 31.8 Å². The van der Waals surface area contributed by atoms with Crippen LogP contribution < -0.4 is 5.32 Å². The highest BCUT2D eigenvalue weighted by Gasteiger charge is 2.30. The fourth-order valence-corrected chi connectivity index (χ4v) is 3.64. The van der Waals surface area contributed by atoms with Gasteiger partial charge >= 0.3 is 0 Å². The smallest absolute Gasteiger partial charge is 0.273 e. The van der Waals surface area contributed by atoms with Gasteiger partial charge in [-0.1, -0.05) is 6.07 Å². The Bertz CT molecular complexity index is 775. The number of methoxy groups -OCH3 is 1. The van der Waals surface area contributed by atoms with Crippen LogP contribution in [0.1, 0.15) is 33.9 Å². The van der Waals surface area contributed by atoms with E-state index in [9.17, 15) is 9.59 Å². The van der Waals surface area contributed by atoms with Crippen molar-refractivity contribution in [3.05, 3.63) is 40.0 Å². The molecule has 2 aromatic rings. The lowest BCUT2D eigenvalue weighted by atomic mass is 9.97. The monoisotopic (exact) mass is 374 g/mol. The van der Waals surface area contributed by atoms with Crippen LogP contribution in [0.25, 0.3) is 0 Å². The van der Waals surface area contributed by atoms with E-state index in [0.29, 0.717) is 31.2 Å². The summed E-state index contributed by atoms with van der Waals surface area (Å²) in [7, 11) is 1.60. The molecule has 8 heteroatoms. The molecule has 1 unspecified atom stereocenters. The van der Waals surface area contributed by atoms with Crippen LogP contribution in [0.15, 0.2) is 23.7 Å². The van der Waals surface area contributed by atoms with E-state index in [4.69, 9.17) is 4.74 Å². The molecule has 0 spiro atoms. The Morgan fingerprint density at radius 1 is 1.42 bits per heavy atom. The van der Waals surface area contributed by atoms with Crippen molar-refractivity contribution in [2.24, 2.45) is 5.92 Å². The molecular formula is C18H22N4O3S. The number of thiazole rings is 1. The maximum atomic E-state index is 12.7. The fraction of sp³-hybridized carbons (Fsp3) is 0.444. The summed E-state index contributed by atoms with van der Waals surface area (Å²) in [5.74, 6) is 0.0624. The zero-order valence-electron chi connectivity index (χ0n) is 14.9. The molecule has 7 nitrogen and oxygen atoms in total. The van der Waals surface area contributed by atoms with E-state index < -0.39 is 0 Å². The summed E-state index contributed by atoms with van der Waals surface area (Å²) >= 11 is 1.41. The molecule has 1 aliphatic heterocycles. The molecular weight excluding hydrogens is 352 g/mol. The highest BCUT2D eigenvalue weighted by molar-refractivity contribution is 7.09. The molecule has 3 rings (SSSR count). The molecule has 0 aromatic carbocycles. The van der Waals surface area contributed by atoms with Crippen molar-refractivity contribution in [2.75, 3.05) is 25.5 Å². The zero-order chi connectivity index (χ0) is 18.5. The molecule has 1 atom stereocenters. The molecule has 1 N–H and O–H groups in total. The van der Waals surface area contributed by atoms with Gasteiger partial charge in [0.05, 0.1) is 12.5 Å². The second kappa shape index (κ2) is 8.37. The summed E-state index contributed by atoms with van der Waals surface area (Å²) in [6, 6.07) is 3.69. The average molecular weight is 374 g/mol. The number of nitrogens with zero attached hydrogens (tertiary/aromatic N) is 3. The quantitative estimate of drug-likeness (QED) is 0.869. The summed E-state index contributed by atoms with van der Waals surface area (Å²) in [4.78, 5) is 35.4. The SMILES string of the molecule is COCc1nc(C(=O)N2CCCC(C(=O)Nc3ccc(C)cn3)C2)cs1. The van der Waals surface area contributed by atoms with Crippen molar-refractivity contribution >= 4 is 29.0 Å². The van der Waals surface area contributed by atoms with Crippen molar-refractivity contribution in [3.63, 3.8) is 0 Å². The first kappa shape index (κ1) is 18.5. The Morgan fingerprint density at radius 2 is 2.27 bits per heavy atom. The summed E-state index contributed by atoms with van der Waals surface area (Å²) < 4.78 is 5.04. The number of anilines is 1. The van der Waals surface area contributed by atoms with Gasteiger partial charge in [0.1, 0.15) is 16.5 Å². The number of aryl methyl sites for hydroxylation is 1. The molecule has 1 aliphatic rings. The van der Waals surface area contributed by atoms with Gasteiger partial charge in [-0.25, -0.2) is 9.97 Å². The minimum Gasteiger partial charge on any atom is -0.378 e. The van der Waals surface area contributed by atoms with E-state index in [1.807, 2.05) is 13.0 Å². The van der Waals surface area contributed by atoms with E-state index in [2.05, 4.69) is 15.3 Å². The first-order chi connectivity index (χ1) is 12.6. The van der Waals surface area contributed by atoms with Crippen LogP contribution in [-0.2, 0) is 16.1 Å². The normalized spacial score (nSPS) is 17.2. The van der Waals surface area contributed by atoms with Crippen molar-refractivity contribution in [1.29, 1.82) is 0 Å². The van der Waals surface area contributed by atoms with E-state index >= 15 is 0 Å². The number of carbonyl (C=O) groups excluding carboxylic acids is 2. The molecule has 138 valence electrons. The number of carbonyl (C=O) groups is 2. The molecule has 0 saturated carbocycles. The molecule has 1 saturated heterocycles. The number of amides is 2. The van der Waals surface area contributed by atoms with Crippen LogP contribution >= 0.6 is 11.3 Å². The Balaban J connectivity index is 1.61. The minimum atomic E-state index is -0.243. The van der Waals surface area contributed by atoms with Gasteiger partial charge < -0.3 is 15.0 Å². The zero-order valence-corrected chi connectivity index (χ0v) is 15.7. The number of aromatic nitrogens is 2. The summed E-state index contributed by atoms with van der Waals surface area (Å²) in [6.45, 7) is 3.38. The fourth-order valence-electron chi connectivity index (χ4n) is 2.91. The van der Waals surface area contributed by atoms with Crippen molar-refractivity contribution < 1.29 is 14.3 Å². The second-order valence-corrected chi connectivity index (χ2v) is 7.30. The van der Waals surface area contributed by atoms with Crippen LogP contribution in [0.2, 0.25) is 0 Å². The van der Waals surface area contributed by atoms with E-state index in [-0.39, 0.29) is 17.7 Å². The third-order valence-corrected chi connectivity index (χ3v) is 5.10. The van der Waals surface area contributed by atoms with Gasteiger partial charge in [0.2, 0.25) is 5.91 Å². The number of rotatable bonds is 5. The third kappa shape index (κ3) is 4.44. The third-order valence-electron chi connectivity index (χ3n) is 4.28. The van der Waals surface area contributed by atoms with E-state index in [1.54, 1.807) is 29.7 Å². The van der Waals surface area contributed by atoms with Gasteiger partial charge in [-0.05, 0) is 31.4 Å². The topological polar surface area (TPSA) is 84.4 Å². The first-order valence-electron chi connectivity index (χ1n) is 8.53. The first-order valence-corrected chi connectivity index (χ1v) is 9.41. The average Bonchev–Trinajstić information content (AvgIpc) is 3.12. The van der Waals surface area contributed by atoms with Crippen LogP contribution in [0, 0.1) is 12.8 Å². The second-order valence-electron chi connectivity index (χ2n) is 6.36. The molecule has 0 aliphatic carbocycles. The molecule has 1 fully saturated rings. The lowest BCUT2D eigenvalue weighted by Gasteiger charge is -2.31. The maximum absolute atomic E-state index is 12.7. The Hall–Kier alpha value is -2.32. The summed E-state index contributed by atoms with van der Waals surface area (Å²) in [6.07, 6.45) is 3.26. The van der Waals surface area contributed by atoms with Gasteiger partial charge in [-0.3, -0.25) is 9.59 Å². The van der Waals surface area contributed by atoms with Gasteiger partial charge in [0.15, 0.2) is 0 Å². The van der Waals surface area contributed by atoms with E-state index in [0.717, 1.165) is 23.4 Å². The number of hydrogen-bond donors (Lipinski definition) is 1. The van der Waals surface area contributed by atoms with Crippen LogP contribution in [-0.4, -0.2) is 46.9 Å². The van der Waals surface area contributed by atoms with Crippen molar-refractivity contribution in [2.45, 2.75) is 26.4 Å². The number of hydrogen-bond acceptors (Lipinski definition) is 6. The Morgan fingerprint density at radius 3 is 3.00 bits per heavy atom. The number of ether oxygens (including phenoxy) is 1. The lowest BCUT2D eigenvalue weighted by molar-refractivity contribution is -0.121. The molecule has 26 heavy (non-hydrogen) atoms. The molecule has 2 amide bonds. The summed E-state index contributed by atoms with van der Waals surface area (Å²) in [5.41, 5.74) is 1.46. The number of nitrogens with one attached hydrogen (secondary N) is 1. The van der Waals surface area contributed by atoms with Gasteiger partial charge in [-0.15, -0.1) is 11.3 Å². The molecule has 0 radical (unpaired) electrons. The predicted molar refractivity (Wildman–Crippen MR) is 99.1 cm³/mol. The molecule has 3 heterocycles.